The van der Waals surface area contributed by atoms with Crippen molar-refractivity contribution in [3.05, 3.63) is 64.7 Å². The Morgan fingerprint density at radius 2 is 1.52 bits per heavy atom. The first kappa shape index (κ1) is 16.9. The van der Waals surface area contributed by atoms with Crippen LogP contribution in [0.5, 0.6) is 0 Å². The number of carbonyl (C=O) groups is 3. The van der Waals surface area contributed by atoms with Crippen molar-refractivity contribution in [3.63, 3.8) is 0 Å². The van der Waals surface area contributed by atoms with Crippen LogP contribution in [-0.4, -0.2) is 22.6 Å². The number of aryl methyl sites for hydroxylation is 2. The van der Waals surface area contributed by atoms with Gasteiger partial charge in [-0.15, -0.1) is 0 Å². The van der Waals surface area contributed by atoms with E-state index in [4.69, 9.17) is 0 Å². The Hall–Kier alpha value is -2.95. The van der Waals surface area contributed by atoms with E-state index in [9.17, 15) is 14.4 Å². The molecule has 1 heterocycles. The number of hydrogen-bond donors (Lipinski definition) is 1. The molecule has 1 aliphatic rings. The lowest BCUT2D eigenvalue weighted by Crippen LogP contribution is -2.28. The summed E-state index contributed by atoms with van der Waals surface area (Å²) >= 11 is 0. The number of hydrogen-bond acceptors (Lipinski definition) is 3. The lowest BCUT2D eigenvalue weighted by molar-refractivity contribution is -0.139. The first-order chi connectivity index (χ1) is 11.9. The summed E-state index contributed by atoms with van der Waals surface area (Å²) in [4.78, 5) is 37.0. The molecule has 3 amide bonds. The highest BCUT2D eigenvalue weighted by Crippen LogP contribution is 2.18. The van der Waals surface area contributed by atoms with E-state index in [0.717, 1.165) is 16.7 Å². The fourth-order valence-corrected chi connectivity index (χ4v) is 2.98. The number of rotatable bonds is 4. The van der Waals surface area contributed by atoms with E-state index in [1.54, 1.807) is 12.1 Å². The van der Waals surface area contributed by atoms with Gasteiger partial charge in [0.15, 0.2) is 0 Å². The van der Waals surface area contributed by atoms with Crippen molar-refractivity contribution in [2.24, 2.45) is 0 Å². The molecule has 128 valence electrons. The normalized spacial score (nSPS) is 14.1. The fourth-order valence-electron chi connectivity index (χ4n) is 2.98. The van der Waals surface area contributed by atoms with Crippen LogP contribution in [0.1, 0.15) is 39.9 Å². The second kappa shape index (κ2) is 6.89. The third-order valence-electron chi connectivity index (χ3n) is 4.19. The smallest absolute Gasteiger partial charge is 0.255 e. The maximum Gasteiger partial charge on any atom is 0.255 e. The molecule has 0 radical (unpaired) electrons. The van der Waals surface area contributed by atoms with Crippen LogP contribution in [0.15, 0.2) is 42.5 Å². The average molecular weight is 336 g/mol. The first-order valence-corrected chi connectivity index (χ1v) is 8.24. The first-order valence-electron chi connectivity index (χ1n) is 8.24. The van der Waals surface area contributed by atoms with Gasteiger partial charge in [0.25, 0.3) is 5.91 Å². The van der Waals surface area contributed by atoms with Crippen molar-refractivity contribution >= 4 is 23.4 Å². The molecular formula is C20H20N2O3. The molecule has 1 fully saturated rings. The minimum Gasteiger partial charge on any atom is -0.322 e. The Morgan fingerprint density at radius 1 is 0.960 bits per heavy atom. The predicted octanol–water partition coefficient (Wildman–Crippen LogP) is 3.20. The molecule has 1 N–H and O–H groups in total. The third-order valence-corrected chi connectivity index (χ3v) is 4.19. The van der Waals surface area contributed by atoms with Gasteiger partial charge < -0.3 is 5.32 Å². The minimum atomic E-state index is -0.163. The number of imide groups is 1. The highest BCUT2D eigenvalue weighted by molar-refractivity contribution is 6.04. The van der Waals surface area contributed by atoms with E-state index >= 15 is 0 Å². The molecule has 5 heteroatoms. The van der Waals surface area contributed by atoms with Crippen LogP contribution in [0.2, 0.25) is 0 Å². The van der Waals surface area contributed by atoms with Crippen LogP contribution in [-0.2, 0) is 16.1 Å². The maximum absolute atomic E-state index is 12.4. The van der Waals surface area contributed by atoms with Crippen LogP contribution in [0, 0.1) is 13.8 Å². The van der Waals surface area contributed by atoms with Gasteiger partial charge in [0, 0.05) is 24.1 Å². The van der Waals surface area contributed by atoms with E-state index in [0.29, 0.717) is 24.1 Å². The second-order valence-electron chi connectivity index (χ2n) is 6.40. The minimum absolute atomic E-state index is 0.128. The van der Waals surface area contributed by atoms with Gasteiger partial charge in [0.1, 0.15) is 0 Å². The number of anilines is 1. The average Bonchev–Trinajstić information content (AvgIpc) is 2.87. The lowest BCUT2D eigenvalue weighted by atomic mass is 10.1. The van der Waals surface area contributed by atoms with Crippen LogP contribution < -0.4 is 5.32 Å². The maximum atomic E-state index is 12.4. The van der Waals surface area contributed by atoms with Crippen molar-refractivity contribution in [1.29, 1.82) is 0 Å². The molecule has 0 spiro atoms. The molecule has 0 atom stereocenters. The van der Waals surface area contributed by atoms with E-state index < -0.39 is 0 Å². The van der Waals surface area contributed by atoms with Crippen molar-refractivity contribution in [2.45, 2.75) is 33.2 Å². The number of likely N-dealkylation sites (tertiary alicyclic amines) is 1. The summed E-state index contributed by atoms with van der Waals surface area (Å²) in [5, 5.41) is 2.86. The van der Waals surface area contributed by atoms with E-state index in [-0.39, 0.29) is 24.3 Å². The molecule has 2 aromatic rings. The second-order valence-corrected chi connectivity index (χ2v) is 6.40. The SMILES string of the molecule is Cc1cc(C)cc(C(=O)Nc2ccc(CN3C(=O)CCC3=O)cc2)c1. The molecule has 5 nitrogen and oxygen atoms in total. The van der Waals surface area contributed by atoms with Gasteiger partial charge in [0.05, 0.1) is 6.54 Å². The van der Waals surface area contributed by atoms with E-state index in [2.05, 4.69) is 5.32 Å². The van der Waals surface area contributed by atoms with Gasteiger partial charge in [-0.1, -0.05) is 29.3 Å². The van der Waals surface area contributed by atoms with Crippen molar-refractivity contribution < 1.29 is 14.4 Å². The molecule has 1 aliphatic heterocycles. The molecule has 0 unspecified atom stereocenters. The van der Waals surface area contributed by atoms with E-state index in [1.807, 2.05) is 44.2 Å². The largest absolute Gasteiger partial charge is 0.322 e. The summed E-state index contributed by atoms with van der Waals surface area (Å²) in [6, 6.07) is 12.9. The molecule has 3 rings (SSSR count). The van der Waals surface area contributed by atoms with Crippen molar-refractivity contribution in [3.8, 4) is 0 Å². The summed E-state index contributed by atoms with van der Waals surface area (Å²) in [7, 11) is 0. The van der Waals surface area contributed by atoms with Crippen LogP contribution in [0.3, 0.4) is 0 Å². The molecule has 0 aliphatic carbocycles. The molecule has 0 bridgehead atoms. The van der Waals surface area contributed by atoms with Crippen molar-refractivity contribution in [2.75, 3.05) is 5.32 Å². The topological polar surface area (TPSA) is 66.5 Å². The number of nitrogens with one attached hydrogen (secondary N) is 1. The zero-order chi connectivity index (χ0) is 18.0. The Labute approximate surface area is 146 Å². The number of amides is 3. The van der Waals surface area contributed by atoms with Gasteiger partial charge in [-0.25, -0.2) is 0 Å². The molecule has 2 aromatic carbocycles. The van der Waals surface area contributed by atoms with E-state index in [1.165, 1.54) is 4.90 Å². The summed E-state index contributed by atoms with van der Waals surface area (Å²) in [5.74, 6) is -0.418. The van der Waals surface area contributed by atoms with Crippen molar-refractivity contribution in [1.82, 2.24) is 4.90 Å². The quantitative estimate of drug-likeness (QED) is 0.872. The number of nitrogens with zero attached hydrogens (tertiary/aromatic N) is 1. The van der Waals surface area contributed by atoms with Crippen LogP contribution in [0.4, 0.5) is 5.69 Å². The van der Waals surface area contributed by atoms with Gasteiger partial charge >= 0.3 is 0 Å². The summed E-state index contributed by atoms with van der Waals surface area (Å²) < 4.78 is 0. The zero-order valence-electron chi connectivity index (χ0n) is 14.3. The van der Waals surface area contributed by atoms with Gasteiger partial charge in [0.2, 0.25) is 11.8 Å². The number of carbonyl (C=O) groups excluding carboxylic acids is 3. The third kappa shape index (κ3) is 3.94. The number of benzene rings is 2. The summed E-state index contributed by atoms with van der Waals surface area (Å²) in [6.07, 6.45) is 0.589. The zero-order valence-corrected chi connectivity index (χ0v) is 14.3. The van der Waals surface area contributed by atoms with Crippen LogP contribution in [0.25, 0.3) is 0 Å². The van der Waals surface area contributed by atoms with Gasteiger partial charge in [-0.05, 0) is 43.7 Å². The Balaban J connectivity index is 1.67. The lowest BCUT2D eigenvalue weighted by Gasteiger charge is -2.14. The molecule has 25 heavy (non-hydrogen) atoms. The van der Waals surface area contributed by atoms with Gasteiger partial charge in [-0.3, -0.25) is 19.3 Å². The predicted molar refractivity (Wildman–Crippen MR) is 95.1 cm³/mol. The summed E-state index contributed by atoms with van der Waals surface area (Å²) in [5.41, 5.74) is 4.23. The molecule has 1 saturated heterocycles. The van der Waals surface area contributed by atoms with Crippen LogP contribution >= 0.6 is 0 Å². The summed E-state index contributed by atoms with van der Waals surface area (Å²) in [6.45, 7) is 4.20. The monoisotopic (exact) mass is 336 g/mol. The highest BCUT2D eigenvalue weighted by atomic mass is 16.2. The fraction of sp³-hybridized carbons (Fsp3) is 0.250. The molecule has 0 saturated carbocycles. The highest BCUT2D eigenvalue weighted by Gasteiger charge is 2.28. The molecule has 0 aromatic heterocycles. The standard InChI is InChI=1S/C20H20N2O3/c1-13-9-14(2)11-16(10-13)20(25)21-17-5-3-15(4-6-17)12-22-18(23)7-8-19(22)24/h3-6,9-11H,7-8,12H2,1-2H3,(H,21,25). The Bertz CT molecular complexity index is 804. The molecular weight excluding hydrogens is 316 g/mol. The Morgan fingerprint density at radius 3 is 2.08 bits per heavy atom. The van der Waals surface area contributed by atoms with Gasteiger partial charge in [-0.2, -0.15) is 0 Å². The Kier molecular flexibility index (Phi) is 4.65.